The van der Waals surface area contributed by atoms with E-state index in [1.54, 1.807) is 55.5 Å². The van der Waals surface area contributed by atoms with Gasteiger partial charge in [0.2, 0.25) is 12.7 Å². The Morgan fingerprint density at radius 1 is 0.909 bits per heavy atom. The highest BCUT2D eigenvalue weighted by atomic mass is 31.2. The van der Waals surface area contributed by atoms with Crippen LogP contribution in [0.15, 0.2) is 66.7 Å². The predicted octanol–water partition coefficient (Wildman–Crippen LogP) is 5.22. The third-order valence-corrected chi connectivity index (χ3v) is 8.45. The second kappa shape index (κ2) is 9.36. The first-order chi connectivity index (χ1) is 15.5. The van der Waals surface area contributed by atoms with E-state index in [4.69, 9.17) is 4.74 Å². The zero-order valence-corrected chi connectivity index (χ0v) is 20.5. The summed E-state index contributed by atoms with van der Waals surface area (Å²) < 4.78 is 20.3. The van der Waals surface area contributed by atoms with Gasteiger partial charge in [-0.2, -0.15) is 0 Å². The highest BCUT2D eigenvalue weighted by molar-refractivity contribution is 7.93. The summed E-state index contributed by atoms with van der Waals surface area (Å²) in [5.41, 5.74) is 1.43. The topological polar surface area (TPSA) is 80.7 Å². The molecule has 0 unspecified atom stereocenters. The van der Waals surface area contributed by atoms with Crippen molar-refractivity contribution in [2.45, 2.75) is 40.0 Å². The molecular weight excluding hydrogens is 435 g/mol. The lowest BCUT2D eigenvalue weighted by Gasteiger charge is -2.27. The number of carbonyl (C=O) groups is 2. The van der Waals surface area contributed by atoms with Gasteiger partial charge < -0.3 is 14.4 Å². The number of aryl methyl sites for hydroxylation is 1. The average molecular weight is 464 g/mol. The van der Waals surface area contributed by atoms with Crippen molar-refractivity contribution in [3.63, 3.8) is 0 Å². The molecule has 1 N–H and O–H groups in total. The fourth-order valence-electron chi connectivity index (χ4n) is 3.99. The lowest BCUT2D eigenvalue weighted by molar-refractivity contribution is -0.139. The smallest absolute Gasteiger partial charge is 0.341 e. The van der Waals surface area contributed by atoms with Crippen LogP contribution in [-0.2, 0) is 14.8 Å². The van der Waals surface area contributed by atoms with Crippen molar-refractivity contribution >= 4 is 29.2 Å². The van der Waals surface area contributed by atoms with Gasteiger partial charge in [-0.15, -0.1) is 0 Å². The highest BCUT2D eigenvalue weighted by Crippen LogP contribution is 2.49. The van der Waals surface area contributed by atoms with Gasteiger partial charge in [0.25, 0.3) is 0 Å². The van der Waals surface area contributed by atoms with E-state index in [0.29, 0.717) is 33.0 Å². The summed E-state index contributed by atoms with van der Waals surface area (Å²) in [7, 11) is -3.72. The van der Waals surface area contributed by atoms with E-state index < -0.39 is 25.2 Å². The van der Waals surface area contributed by atoms with E-state index in [1.807, 2.05) is 45.9 Å². The molecule has 0 spiro atoms. The van der Waals surface area contributed by atoms with Gasteiger partial charge in [0.05, 0.1) is 0 Å². The Morgan fingerprint density at radius 2 is 1.39 bits per heavy atom. The predicted molar refractivity (Wildman–Crippen MR) is 132 cm³/mol. The van der Waals surface area contributed by atoms with Crippen molar-refractivity contribution in [2.24, 2.45) is 0 Å². The lowest BCUT2D eigenvalue weighted by Crippen LogP contribution is -2.25. The highest BCUT2D eigenvalue weighted by Gasteiger charge is 2.39. The van der Waals surface area contributed by atoms with Crippen LogP contribution in [0.5, 0.6) is 5.75 Å². The normalized spacial score (nSPS) is 11.8. The fraction of sp³-hybridized carbons (Fsp3) is 0.259. The summed E-state index contributed by atoms with van der Waals surface area (Å²) in [6, 6.07) is 19.4. The largest absolute Gasteiger partial charge is 0.481 e. The summed E-state index contributed by atoms with van der Waals surface area (Å²) in [5.74, 6) is -0.756. The van der Waals surface area contributed by atoms with Crippen molar-refractivity contribution in [2.75, 3.05) is 6.61 Å². The summed E-state index contributed by atoms with van der Waals surface area (Å²) in [5, 5.41) is 10.1. The molecule has 33 heavy (non-hydrogen) atoms. The van der Waals surface area contributed by atoms with Crippen LogP contribution in [0, 0.1) is 13.8 Å². The summed E-state index contributed by atoms with van der Waals surface area (Å²) in [4.78, 5) is 25.3. The van der Waals surface area contributed by atoms with Crippen molar-refractivity contribution in [1.29, 1.82) is 0 Å². The average Bonchev–Trinajstić information content (AvgIpc) is 2.78. The molecule has 5 nitrogen and oxygen atoms in total. The number of aliphatic carboxylic acids is 1. The monoisotopic (exact) mass is 464 g/mol. The Labute approximate surface area is 194 Å². The zero-order chi connectivity index (χ0) is 24.4. The summed E-state index contributed by atoms with van der Waals surface area (Å²) in [6.07, 6.45) is 0. The Morgan fingerprint density at radius 3 is 1.82 bits per heavy atom. The standard InChI is InChI=1S/C27H29O5P/c1-18-16-22(27(3,4)5)25(32-17-23(28)29)19(2)24(18)26(30)33(31,20-12-8-6-9-13-20)21-14-10-7-11-15-21/h6-16H,17H2,1-5H3,(H,28,29). The van der Waals surface area contributed by atoms with Crippen molar-refractivity contribution < 1.29 is 24.0 Å². The summed E-state index contributed by atoms with van der Waals surface area (Å²) >= 11 is 0. The molecule has 0 aliphatic heterocycles. The molecule has 3 aromatic rings. The minimum Gasteiger partial charge on any atom is -0.481 e. The van der Waals surface area contributed by atoms with Gasteiger partial charge in [-0.1, -0.05) is 87.5 Å². The molecule has 0 amide bonds. The van der Waals surface area contributed by atoms with E-state index in [9.17, 15) is 19.3 Å². The van der Waals surface area contributed by atoms with Gasteiger partial charge >= 0.3 is 5.97 Å². The Kier molecular flexibility index (Phi) is 6.94. The van der Waals surface area contributed by atoms with E-state index in [2.05, 4.69) is 0 Å². The lowest BCUT2D eigenvalue weighted by atomic mass is 9.83. The fourth-order valence-corrected chi connectivity index (χ4v) is 6.60. The van der Waals surface area contributed by atoms with E-state index in [-0.39, 0.29) is 5.41 Å². The first kappa shape index (κ1) is 24.5. The second-order valence-corrected chi connectivity index (χ2v) is 11.7. The molecule has 3 aromatic carbocycles. The van der Waals surface area contributed by atoms with Crippen LogP contribution < -0.4 is 15.3 Å². The molecule has 0 aliphatic rings. The molecule has 0 heterocycles. The molecule has 0 radical (unpaired) electrons. The number of rotatable bonds is 7. The first-order valence-corrected chi connectivity index (χ1v) is 12.4. The van der Waals surface area contributed by atoms with Crippen LogP contribution >= 0.6 is 7.14 Å². The SMILES string of the molecule is Cc1cc(C(C)(C)C)c(OCC(=O)O)c(C)c1C(=O)P(=O)(c1ccccc1)c1ccccc1. The van der Waals surface area contributed by atoms with Crippen molar-refractivity contribution in [3.8, 4) is 5.75 Å². The number of hydrogen-bond acceptors (Lipinski definition) is 4. The maximum Gasteiger partial charge on any atom is 0.341 e. The van der Waals surface area contributed by atoms with Crippen LogP contribution in [-0.4, -0.2) is 23.2 Å². The van der Waals surface area contributed by atoms with Crippen LogP contribution in [0.3, 0.4) is 0 Å². The van der Waals surface area contributed by atoms with Gasteiger partial charge in [0, 0.05) is 27.3 Å². The molecule has 6 heteroatoms. The van der Waals surface area contributed by atoms with Gasteiger partial charge in [-0.25, -0.2) is 4.79 Å². The summed E-state index contributed by atoms with van der Waals surface area (Å²) in [6.45, 7) is 9.00. The van der Waals surface area contributed by atoms with Gasteiger partial charge in [-0.3, -0.25) is 4.79 Å². The number of carboxylic acid groups (broad SMARTS) is 1. The molecule has 3 rings (SSSR count). The number of hydrogen-bond donors (Lipinski definition) is 1. The van der Waals surface area contributed by atoms with Crippen LogP contribution in [0.25, 0.3) is 0 Å². The Hall–Kier alpha value is -3.17. The maximum atomic E-state index is 14.6. The zero-order valence-electron chi connectivity index (χ0n) is 19.6. The Balaban J connectivity index is 2.30. The molecule has 0 atom stereocenters. The molecule has 0 aromatic heterocycles. The number of benzene rings is 3. The molecule has 0 saturated carbocycles. The van der Waals surface area contributed by atoms with Crippen LogP contribution in [0.4, 0.5) is 0 Å². The number of carbonyl (C=O) groups excluding carboxylic acids is 1. The number of ether oxygens (including phenoxy) is 1. The molecule has 0 fully saturated rings. The minimum absolute atomic E-state index is 0.305. The van der Waals surface area contributed by atoms with E-state index in [1.165, 1.54) is 0 Å². The third-order valence-electron chi connectivity index (χ3n) is 5.60. The van der Waals surface area contributed by atoms with Crippen LogP contribution in [0.1, 0.15) is 47.8 Å². The van der Waals surface area contributed by atoms with Crippen molar-refractivity contribution in [3.05, 3.63) is 89.0 Å². The minimum atomic E-state index is -3.72. The molecule has 172 valence electrons. The molecular formula is C27H29O5P. The van der Waals surface area contributed by atoms with E-state index in [0.717, 1.165) is 5.56 Å². The third kappa shape index (κ3) is 4.79. The van der Waals surface area contributed by atoms with Gasteiger partial charge in [0.1, 0.15) is 5.75 Å². The van der Waals surface area contributed by atoms with Crippen molar-refractivity contribution in [1.82, 2.24) is 0 Å². The maximum absolute atomic E-state index is 14.6. The van der Waals surface area contributed by atoms with Gasteiger partial charge in [-0.05, 0) is 24.8 Å². The Bertz CT molecular complexity index is 1180. The molecule has 0 aliphatic carbocycles. The number of carboxylic acids is 1. The van der Waals surface area contributed by atoms with Gasteiger partial charge in [0.15, 0.2) is 6.61 Å². The molecule has 0 bridgehead atoms. The molecule has 0 saturated heterocycles. The quantitative estimate of drug-likeness (QED) is 0.485. The second-order valence-electron chi connectivity index (χ2n) is 9.09. The van der Waals surface area contributed by atoms with E-state index >= 15 is 0 Å². The van der Waals surface area contributed by atoms with Crippen LogP contribution in [0.2, 0.25) is 0 Å². The first-order valence-electron chi connectivity index (χ1n) is 10.7.